The van der Waals surface area contributed by atoms with E-state index in [9.17, 15) is 14.0 Å². The minimum Gasteiger partial charge on any atom is -0.443 e. The van der Waals surface area contributed by atoms with Crippen LogP contribution in [-0.2, 0) is 4.74 Å². The third kappa shape index (κ3) is 3.12. The van der Waals surface area contributed by atoms with Crippen LogP contribution in [0.4, 0.5) is 20.0 Å². The summed E-state index contributed by atoms with van der Waals surface area (Å²) in [5.74, 6) is -1.40. The summed E-state index contributed by atoms with van der Waals surface area (Å²) >= 11 is 1.12. The lowest BCUT2D eigenvalue weighted by molar-refractivity contribution is 0.102. The molecule has 1 aliphatic rings. The Hall–Kier alpha value is -2.59. The van der Waals surface area contributed by atoms with Crippen molar-refractivity contribution in [2.75, 3.05) is 23.3 Å². The summed E-state index contributed by atoms with van der Waals surface area (Å²) in [6, 6.07) is 3.87. The van der Waals surface area contributed by atoms with Crippen LogP contribution in [0.5, 0.6) is 0 Å². The Morgan fingerprint density at radius 3 is 3.00 bits per heavy atom. The number of carbonyl (C=O) groups excluding carboxylic acids is 2. The molecule has 0 unspecified atom stereocenters. The van der Waals surface area contributed by atoms with Gasteiger partial charge in [0.1, 0.15) is 17.4 Å². The molecule has 1 atom stereocenters. The minimum atomic E-state index is -0.756. The maximum absolute atomic E-state index is 14.2. The highest BCUT2D eigenvalue weighted by Crippen LogP contribution is 2.24. The summed E-state index contributed by atoms with van der Waals surface area (Å²) in [7, 11) is 0. The molecule has 2 aromatic rings. The highest BCUT2D eigenvalue weighted by atomic mass is 32.1. The SMILES string of the molecule is NC[C@H]1CN(c2ccc(C(=O)Nc3nncs3)c(F)c2)C(=O)O1. The van der Waals surface area contributed by atoms with E-state index in [1.54, 1.807) is 0 Å². The summed E-state index contributed by atoms with van der Waals surface area (Å²) in [6.45, 7) is 0.429. The zero-order valence-corrected chi connectivity index (χ0v) is 12.5. The average Bonchev–Trinajstić information content (AvgIpc) is 3.16. The number of anilines is 2. The standard InChI is InChI=1S/C13H12FN5O3S/c14-10-3-7(19-5-8(4-15)22-13(19)21)1-2-9(10)11(20)17-12-18-16-6-23-12/h1-3,6,8H,4-5,15H2,(H,17,18,20)/t8-/m0/s1. The van der Waals surface area contributed by atoms with Gasteiger partial charge in [-0.1, -0.05) is 11.3 Å². The molecule has 0 bridgehead atoms. The highest BCUT2D eigenvalue weighted by molar-refractivity contribution is 7.13. The van der Waals surface area contributed by atoms with Crippen molar-refractivity contribution >= 4 is 34.2 Å². The molecular weight excluding hydrogens is 325 g/mol. The molecule has 1 saturated heterocycles. The molecule has 23 heavy (non-hydrogen) atoms. The number of hydrogen-bond donors (Lipinski definition) is 2. The second kappa shape index (κ2) is 6.26. The number of aromatic nitrogens is 2. The van der Waals surface area contributed by atoms with Crippen molar-refractivity contribution in [3.05, 3.63) is 35.1 Å². The molecule has 1 aromatic carbocycles. The number of ether oxygens (including phenoxy) is 1. The number of nitrogens with two attached hydrogens (primary N) is 1. The van der Waals surface area contributed by atoms with E-state index < -0.39 is 23.9 Å². The van der Waals surface area contributed by atoms with Gasteiger partial charge in [0.05, 0.1) is 17.8 Å². The van der Waals surface area contributed by atoms with Crippen LogP contribution in [0.15, 0.2) is 23.7 Å². The zero-order chi connectivity index (χ0) is 16.4. The van der Waals surface area contributed by atoms with Crippen LogP contribution in [0.3, 0.4) is 0 Å². The second-order valence-electron chi connectivity index (χ2n) is 4.71. The van der Waals surface area contributed by atoms with Crippen molar-refractivity contribution in [2.24, 2.45) is 5.73 Å². The molecule has 3 rings (SSSR count). The van der Waals surface area contributed by atoms with E-state index in [-0.39, 0.29) is 23.8 Å². The first-order chi connectivity index (χ1) is 11.1. The van der Waals surface area contributed by atoms with Crippen LogP contribution < -0.4 is 16.0 Å². The molecule has 0 saturated carbocycles. The smallest absolute Gasteiger partial charge is 0.414 e. The van der Waals surface area contributed by atoms with Gasteiger partial charge >= 0.3 is 6.09 Å². The average molecular weight is 337 g/mol. The fraction of sp³-hybridized carbons (Fsp3) is 0.231. The molecule has 120 valence electrons. The lowest BCUT2D eigenvalue weighted by Crippen LogP contribution is -2.27. The van der Waals surface area contributed by atoms with Gasteiger partial charge < -0.3 is 10.5 Å². The molecule has 2 heterocycles. The van der Waals surface area contributed by atoms with E-state index >= 15 is 0 Å². The summed E-state index contributed by atoms with van der Waals surface area (Å²) in [5.41, 5.74) is 7.04. The largest absolute Gasteiger partial charge is 0.443 e. The Labute approximate surface area is 134 Å². The Bertz CT molecular complexity index is 739. The Kier molecular flexibility index (Phi) is 4.17. The lowest BCUT2D eigenvalue weighted by atomic mass is 10.1. The van der Waals surface area contributed by atoms with Gasteiger partial charge in [-0.3, -0.25) is 15.0 Å². The number of carbonyl (C=O) groups is 2. The van der Waals surface area contributed by atoms with E-state index in [0.29, 0.717) is 5.69 Å². The maximum Gasteiger partial charge on any atom is 0.414 e. The normalized spacial score (nSPS) is 17.2. The summed E-state index contributed by atoms with van der Waals surface area (Å²) < 4.78 is 19.2. The van der Waals surface area contributed by atoms with Gasteiger partial charge in [0, 0.05) is 6.54 Å². The number of hydrogen-bond acceptors (Lipinski definition) is 7. The van der Waals surface area contributed by atoms with Crippen molar-refractivity contribution in [3.8, 4) is 0 Å². The highest BCUT2D eigenvalue weighted by Gasteiger charge is 2.32. The van der Waals surface area contributed by atoms with Gasteiger partial charge in [-0.05, 0) is 18.2 Å². The van der Waals surface area contributed by atoms with Crippen LogP contribution in [-0.4, -0.2) is 41.4 Å². The lowest BCUT2D eigenvalue weighted by Gasteiger charge is -2.14. The predicted octanol–water partition coefficient (Wildman–Crippen LogP) is 1.21. The maximum atomic E-state index is 14.2. The fourth-order valence-corrected chi connectivity index (χ4v) is 2.54. The van der Waals surface area contributed by atoms with Crippen LogP contribution in [0.25, 0.3) is 0 Å². The van der Waals surface area contributed by atoms with E-state index in [0.717, 1.165) is 17.4 Å². The van der Waals surface area contributed by atoms with Gasteiger partial charge in [-0.2, -0.15) is 0 Å². The summed E-state index contributed by atoms with van der Waals surface area (Å²) in [5, 5.41) is 9.93. The number of benzene rings is 1. The third-order valence-corrected chi connectivity index (χ3v) is 3.83. The van der Waals surface area contributed by atoms with Crippen LogP contribution in [0, 0.1) is 5.82 Å². The first-order valence-electron chi connectivity index (χ1n) is 6.63. The van der Waals surface area contributed by atoms with Gasteiger partial charge in [0.25, 0.3) is 5.91 Å². The molecule has 1 aromatic heterocycles. The molecule has 10 heteroatoms. The minimum absolute atomic E-state index is 0.160. The van der Waals surface area contributed by atoms with Crippen molar-refractivity contribution in [1.29, 1.82) is 0 Å². The Morgan fingerprint density at radius 1 is 1.57 bits per heavy atom. The molecule has 1 aliphatic heterocycles. The first kappa shape index (κ1) is 15.3. The summed E-state index contributed by atoms with van der Waals surface area (Å²) in [4.78, 5) is 25.0. The first-order valence-corrected chi connectivity index (χ1v) is 7.51. The summed E-state index contributed by atoms with van der Waals surface area (Å²) in [6.07, 6.45) is -1.02. The van der Waals surface area contributed by atoms with E-state index in [2.05, 4.69) is 15.5 Å². The monoisotopic (exact) mass is 337 g/mol. The number of nitrogens with one attached hydrogen (secondary N) is 1. The van der Waals surface area contributed by atoms with Crippen LogP contribution in [0.2, 0.25) is 0 Å². The molecule has 0 radical (unpaired) electrons. The Morgan fingerprint density at radius 2 is 2.39 bits per heavy atom. The molecule has 0 spiro atoms. The quantitative estimate of drug-likeness (QED) is 0.868. The second-order valence-corrected chi connectivity index (χ2v) is 5.55. The predicted molar refractivity (Wildman–Crippen MR) is 80.9 cm³/mol. The fourth-order valence-electron chi connectivity index (χ4n) is 2.10. The van der Waals surface area contributed by atoms with Gasteiger partial charge in [0.15, 0.2) is 0 Å². The molecule has 3 N–H and O–H groups in total. The van der Waals surface area contributed by atoms with E-state index in [1.807, 2.05) is 0 Å². The molecule has 2 amide bonds. The number of cyclic esters (lactones) is 1. The molecule has 0 aliphatic carbocycles. The number of amides is 2. The van der Waals surface area contributed by atoms with Crippen LogP contribution in [0.1, 0.15) is 10.4 Å². The molecular formula is C13H12FN5O3S. The third-order valence-electron chi connectivity index (χ3n) is 3.23. The number of halogens is 1. The van der Waals surface area contributed by atoms with E-state index in [4.69, 9.17) is 10.5 Å². The van der Waals surface area contributed by atoms with Gasteiger partial charge in [-0.15, -0.1) is 10.2 Å². The van der Waals surface area contributed by atoms with Crippen LogP contribution >= 0.6 is 11.3 Å². The van der Waals surface area contributed by atoms with Gasteiger partial charge in [0.2, 0.25) is 5.13 Å². The number of nitrogens with zero attached hydrogens (tertiary/aromatic N) is 3. The van der Waals surface area contributed by atoms with Crippen molar-refractivity contribution < 1.29 is 18.7 Å². The molecule has 1 fully saturated rings. The molecule has 8 nitrogen and oxygen atoms in total. The van der Waals surface area contributed by atoms with Crippen molar-refractivity contribution in [2.45, 2.75) is 6.10 Å². The zero-order valence-electron chi connectivity index (χ0n) is 11.7. The van der Waals surface area contributed by atoms with Crippen molar-refractivity contribution in [3.63, 3.8) is 0 Å². The van der Waals surface area contributed by atoms with E-state index in [1.165, 1.54) is 22.5 Å². The van der Waals surface area contributed by atoms with Crippen molar-refractivity contribution in [1.82, 2.24) is 10.2 Å². The Balaban J connectivity index is 1.78. The topological polar surface area (TPSA) is 110 Å². The van der Waals surface area contributed by atoms with Gasteiger partial charge in [-0.25, -0.2) is 9.18 Å². The number of rotatable bonds is 4.